The van der Waals surface area contributed by atoms with Gasteiger partial charge < -0.3 is 5.32 Å². The number of rotatable bonds is 2. The summed E-state index contributed by atoms with van der Waals surface area (Å²) in [7, 11) is 0. The summed E-state index contributed by atoms with van der Waals surface area (Å²) >= 11 is 0. The molecule has 0 saturated heterocycles. The van der Waals surface area contributed by atoms with Gasteiger partial charge in [-0.3, -0.25) is 4.79 Å². The first kappa shape index (κ1) is 12.9. The van der Waals surface area contributed by atoms with Gasteiger partial charge in [0.25, 0.3) is 0 Å². The summed E-state index contributed by atoms with van der Waals surface area (Å²) in [4.78, 5) is 12.3. The molecular formula is C18H19NO. The Balaban J connectivity index is 1.76. The third-order valence-corrected chi connectivity index (χ3v) is 4.01. The van der Waals surface area contributed by atoms with E-state index in [2.05, 4.69) is 42.6 Å². The molecule has 2 heteroatoms. The van der Waals surface area contributed by atoms with E-state index in [0.29, 0.717) is 0 Å². The second-order valence-corrected chi connectivity index (χ2v) is 5.57. The summed E-state index contributed by atoms with van der Waals surface area (Å²) in [5, 5.41) is 3.07. The molecule has 1 atom stereocenters. The van der Waals surface area contributed by atoms with Crippen molar-refractivity contribution in [1.29, 1.82) is 0 Å². The highest BCUT2D eigenvalue weighted by Gasteiger charge is 2.23. The molecule has 1 amide bonds. The Labute approximate surface area is 119 Å². The van der Waals surface area contributed by atoms with Gasteiger partial charge in [0.1, 0.15) is 0 Å². The molecule has 0 aromatic heterocycles. The topological polar surface area (TPSA) is 29.1 Å². The zero-order valence-electron chi connectivity index (χ0n) is 11.7. The SMILES string of the molecule is Cc1ccc(CC2CCc3ccccc3NC2=O)cc1. The van der Waals surface area contributed by atoms with Crippen molar-refractivity contribution in [3.8, 4) is 0 Å². The van der Waals surface area contributed by atoms with Gasteiger partial charge in [0.2, 0.25) is 5.91 Å². The van der Waals surface area contributed by atoms with Crippen molar-refractivity contribution in [3.05, 3.63) is 65.2 Å². The third kappa shape index (κ3) is 2.74. The number of carbonyl (C=O) groups excluding carboxylic acids is 1. The highest BCUT2D eigenvalue weighted by Crippen LogP contribution is 2.26. The molecule has 0 radical (unpaired) electrons. The van der Waals surface area contributed by atoms with Crippen molar-refractivity contribution in [3.63, 3.8) is 0 Å². The zero-order valence-corrected chi connectivity index (χ0v) is 11.7. The number of nitrogens with one attached hydrogen (secondary N) is 1. The molecule has 102 valence electrons. The molecule has 1 aliphatic heterocycles. The fourth-order valence-corrected chi connectivity index (χ4v) is 2.76. The van der Waals surface area contributed by atoms with Crippen LogP contribution in [0.3, 0.4) is 0 Å². The van der Waals surface area contributed by atoms with E-state index in [-0.39, 0.29) is 11.8 Å². The number of aryl methyl sites for hydroxylation is 2. The summed E-state index contributed by atoms with van der Waals surface area (Å²) < 4.78 is 0. The van der Waals surface area contributed by atoms with E-state index < -0.39 is 0 Å². The minimum absolute atomic E-state index is 0.0603. The smallest absolute Gasteiger partial charge is 0.227 e. The first-order valence-corrected chi connectivity index (χ1v) is 7.17. The molecule has 3 rings (SSSR count). The number of benzene rings is 2. The first-order valence-electron chi connectivity index (χ1n) is 7.17. The Bertz CT molecular complexity index is 616. The Morgan fingerprint density at radius 2 is 1.85 bits per heavy atom. The molecule has 0 fully saturated rings. The lowest BCUT2D eigenvalue weighted by molar-refractivity contribution is -0.119. The van der Waals surface area contributed by atoms with E-state index in [1.165, 1.54) is 16.7 Å². The maximum absolute atomic E-state index is 12.3. The minimum atomic E-state index is 0.0603. The van der Waals surface area contributed by atoms with Gasteiger partial charge in [-0.05, 0) is 43.4 Å². The Kier molecular flexibility index (Phi) is 3.55. The molecule has 1 aliphatic rings. The third-order valence-electron chi connectivity index (χ3n) is 4.01. The molecule has 2 aromatic carbocycles. The van der Waals surface area contributed by atoms with Gasteiger partial charge in [-0.2, -0.15) is 0 Å². The predicted molar refractivity (Wildman–Crippen MR) is 81.8 cm³/mol. The summed E-state index contributed by atoms with van der Waals surface area (Å²) in [6, 6.07) is 16.6. The lowest BCUT2D eigenvalue weighted by Crippen LogP contribution is -2.23. The molecule has 2 aromatic rings. The second kappa shape index (κ2) is 5.49. The van der Waals surface area contributed by atoms with E-state index in [0.717, 1.165) is 24.9 Å². The molecule has 0 aliphatic carbocycles. The average molecular weight is 265 g/mol. The van der Waals surface area contributed by atoms with Crippen LogP contribution in [0.1, 0.15) is 23.1 Å². The van der Waals surface area contributed by atoms with Crippen molar-refractivity contribution in [2.24, 2.45) is 5.92 Å². The van der Waals surface area contributed by atoms with Crippen LogP contribution in [0, 0.1) is 12.8 Å². The van der Waals surface area contributed by atoms with Crippen LogP contribution in [0.5, 0.6) is 0 Å². The van der Waals surface area contributed by atoms with Gasteiger partial charge in [-0.15, -0.1) is 0 Å². The second-order valence-electron chi connectivity index (χ2n) is 5.57. The van der Waals surface area contributed by atoms with Crippen molar-refractivity contribution in [2.75, 3.05) is 5.32 Å². The fraction of sp³-hybridized carbons (Fsp3) is 0.278. The van der Waals surface area contributed by atoms with Gasteiger partial charge in [0, 0.05) is 11.6 Å². The van der Waals surface area contributed by atoms with Crippen LogP contribution in [0.4, 0.5) is 5.69 Å². The highest BCUT2D eigenvalue weighted by atomic mass is 16.1. The molecule has 1 N–H and O–H groups in total. The lowest BCUT2D eigenvalue weighted by Gasteiger charge is -2.13. The molecule has 1 unspecified atom stereocenters. The van der Waals surface area contributed by atoms with Gasteiger partial charge in [-0.1, -0.05) is 48.0 Å². The quantitative estimate of drug-likeness (QED) is 0.880. The van der Waals surface area contributed by atoms with Crippen LogP contribution < -0.4 is 5.32 Å². The van der Waals surface area contributed by atoms with Gasteiger partial charge in [0.05, 0.1) is 0 Å². The van der Waals surface area contributed by atoms with Crippen LogP contribution in [-0.2, 0) is 17.6 Å². The standard InChI is InChI=1S/C18H19NO/c1-13-6-8-14(9-7-13)12-16-11-10-15-4-2-3-5-17(15)19-18(16)20/h2-9,16H,10-12H2,1H3,(H,19,20). The number of anilines is 1. The first-order chi connectivity index (χ1) is 9.72. The predicted octanol–water partition coefficient (Wildman–Crippen LogP) is 3.74. The molecule has 1 heterocycles. The van der Waals surface area contributed by atoms with Crippen LogP contribution in [-0.4, -0.2) is 5.91 Å². The van der Waals surface area contributed by atoms with Crippen molar-refractivity contribution in [1.82, 2.24) is 0 Å². The number of fused-ring (bicyclic) bond motifs is 1. The largest absolute Gasteiger partial charge is 0.326 e. The van der Waals surface area contributed by atoms with E-state index in [4.69, 9.17) is 0 Å². The number of amides is 1. The molecule has 0 saturated carbocycles. The van der Waals surface area contributed by atoms with E-state index in [9.17, 15) is 4.79 Å². The average Bonchev–Trinajstić information content (AvgIpc) is 2.61. The van der Waals surface area contributed by atoms with Crippen molar-refractivity contribution in [2.45, 2.75) is 26.2 Å². The van der Waals surface area contributed by atoms with Crippen molar-refractivity contribution >= 4 is 11.6 Å². The van der Waals surface area contributed by atoms with Gasteiger partial charge in [-0.25, -0.2) is 0 Å². The molecule has 0 spiro atoms. The number of para-hydroxylation sites is 1. The van der Waals surface area contributed by atoms with E-state index in [1.807, 2.05) is 18.2 Å². The molecule has 2 nitrogen and oxygen atoms in total. The Morgan fingerprint density at radius 1 is 1.10 bits per heavy atom. The highest BCUT2D eigenvalue weighted by molar-refractivity contribution is 5.94. The number of carbonyl (C=O) groups is 1. The monoisotopic (exact) mass is 265 g/mol. The maximum atomic E-state index is 12.3. The molecule has 20 heavy (non-hydrogen) atoms. The normalized spacial score (nSPS) is 18.1. The summed E-state index contributed by atoms with van der Waals surface area (Å²) in [5.74, 6) is 0.209. The minimum Gasteiger partial charge on any atom is -0.326 e. The van der Waals surface area contributed by atoms with Crippen LogP contribution in [0.25, 0.3) is 0 Å². The summed E-state index contributed by atoms with van der Waals surface area (Å²) in [6.45, 7) is 2.08. The molecular weight excluding hydrogens is 246 g/mol. The maximum Gasteiger partial charge on any atom is 0.227 e. The Hall–Kier alpha value is -2.09. The Morgan fingerprint density at radius 3 is 2.65 bits per heavy atom. The van der Waals surface area contributed by atoms with E-state index in [1.54, 1.807) is 0 Å². The summed E-state index contributed by atoms with van der Waals surface area (Å²) in [6.07, 6.45) is 2.70. The van der Waals surface area contributed by atoms with Gasteiger partial charge >= 0.3 is 0 Å². The molecule has 0 bridgehead atoms. The van der Waals surface area contributed by atoms with Crippen LogP contribution in [0.2, 0.25) is 0 Å². The lowest BCUT2D eigenvalue weighted by atomic mass is 9.93. The van der Waals surface area contributed by atoms with Crippen LogP contribution >= 0.6 is 0 Å². The van der Waals surface area contributed by atoms with Gasteiger partial charge in [0.15, 0.2) is 0 Å². The fourth-order valence-electron chi connectivity index (χ4n) is 2.76. The van der Waals surface area contributed by atoms with Crippen molar-refractivity contribution < 1.29 is 4.79 Å². The summed E-state index contributed by atoms with van der Waals surface area (Å²) in [5.41, 5.74) is 4.71. The van der Waals surface area contributed by atoms with E-state index >= 15 is 0 Å². The zero-order chi connectivity index (χ0) is 13.9. The van der Waals surface area contributed by atoms with Crippen LogP contribution in [0.15, 0.2) is 48.5 Å². The number of hydrogen-bond acceptors (Lipinski definition) is 1. The number of hydrogen-bond donors (Lipinski definition) is 1.